The van der Waals surface area contributed by atoms with Gasteiger partial charge in [-0.2, -0.15) is 0 Å². The molecule has 0 saturated carbocycles. The van der Waals surface area contributed by atoms with Gasteiger partial charge in [-0.15, -0.1) is 0 Å². The Morgan fingerprint density at radius 1 is 0.750 bits per heavy atom. The van der Waals surface area contributed by atoms with Gasteiger partial charge < -0.3 is 10.6 Å². The van der Waals surface area contributed by atoms with E-state index in [4.69, 9.17) is 0 Å². The van der Waals surface area contributed by atoms with Gasteiger partial charge in [0.05, 0.1) is 5.92 Å². The van der Waals surface area contributed by atoms with Gasteiger partial charge in [0.1, 0.15) is 0 Å². The Morgan fingerprint density at radius 3 is 1.58 bits per heavy atom. The van der Waals surface area contributed by atoms with Gasteiger partial charge >= 0.3 is 0 Å². The second kappa shape index (κ2) is 8.87. The molecule has 4 nitrogen and oxygen atoms in total. The van der Waals surface area contributed by atoms with E-state index in [0.717, 1.165) is 11.1 Å². The van der Waals surface area contributed by atoms with Crippen LogP contribution in [0.1, 0.15) is 30.9 Å². The number of benzene rings is 2. The number of amides is 2. The molecule has 0 aromatic heterocycles. The summed E-state index contributed by atoms with van der Waals surface area (Å²) in [5.41, 5.74) is 1.90. The van der Waals surface area contributed by atoms with Crippen LogP contribution < -0.4 is 10.6 Å². The van der Waals surface area contributed by atoms with E-state index in [0.29, 0.717) is 13.1 Å². The van der Waals surface area contributed by atoms with Crippen LogP contribution >= 0.6 is 0 Å². The lowest BCUT2D eigenvalue weighted by Gasteiger charge is -2.18. The van der Waals surface area contributed by atoms with Crippen LogP contribution in [0.4, 0.5) is 0 Å². The van der Waals surface area contributed by atoms with E-state index >= 15 is 0 Å². The molecule has 4 heteroatoms. The van der Waals surface area contributed by atoms with E-state index in [1.54, 1.807) is 0 Å². The Hall–Kier alpha value is -2.62. The van der Waals surface area contributed by atoms with Crippen LogP contribution in [0.15, 0.2) is 60.7 Å². The molecular weight excluding hydrogens is 300 g/mol. The number of hydrogen-bond acceptors (Lipinski definition) is 2. The van der Waals surface area contributed by atoms with Crippen molar-refractivity contribution in [2.24, 2.45) is 5.92 Å². The number of carbonyl (C=O) groups is 2. The maximum atomic E-state index is 12.7. The minimum absolute atomic E-state index is 0.00748. The average molecular weight is 324 g/mol. The Labute approximate surface area is 143 Å². The smallest absolute Gasteiger partial charge is 0.232 e. The normalized spacial score (nSPS) is 10.7. The monoisotopic (exact) mass is 324 g/mol. The van der Waals surface area contributed by atoms with Gasteiger partial charge in [-0.05, 0) is 11.1 Å². The van der Waals surface area contributed by atoms with Crippen molar-refractivity contribution in [3.8, 4) is 0 Å². The highest BCUT2D eigenvalue weighted by atomic mass is 16.2. The fraction of sp³-hybridized carbons (Fsp3) is 0.300. The molecule has 0 aliphatic heterocycles. The minimum atomic E-state index is -0.354. The summed E-state index contributed by atoms with van der Waals surface area (Å²) in [5.74, 6) is -0.478. The lowest BCUT2D eigenvalue weighted by atomic mass is 9.90. The molecule has 2 aromatic rings. The Kier molecular flexibility index (Phi) is 6.55. The largest absolute Gasteiger partial charge is 0.354 e. The van der Waals surface area contributed by atoms with Crippen molar-refractivity contribution in [3.63, 3.8) is 0 Å². The molecule has 24 heavy (non-hydrogen) atoms. The highest BCUT2D eigenvalue weighted by Gasteiger charge is 2.22. The standard InChI is InChI=1S/C20H24N2O2/c1-15(2)19(23)21-13-14-22-20(24)18(16-9-5-3-6-10-16)17-11-7-4-8-12-17/h3-12,15,18H,13-14H2,1-2H3,(H,21,23)(H,22,24). The van der Waals surface area contributed by atoms with Crippen molar-refractivity contribution in [2.75, 3.05) is 13.1 Å². The maximum Gasteiger partial charge on any atom is 0.232 e. The van der Waals surface area contributed by atoms with Gasteiger partial charge in [-0.1, -0.05) is 74.5 Å². The Morgan fingerprint density at radius 2 is 1.17 bits per heavy atom. The first-order chi connectivity index (χ1) is 11.6. The molecule has 2 amide bonds. The van der Waals surface area contributed by atoms with E-state index in [2.05, 4.69) is 10.6 Å². The third kappa shape index (κ3) is 4.95. The second-order valence-electron chi connectivity index (χ2n) is 5.99. The molecule has 2 N–H and O–H groups in total. The van der Waals surface area contributed by atoms with Crippen LogP contribution in [0.3, 0.4) is 0 Å². The minimum Gasteiger partial charge on any atom is -0.354 e. The second-order valence-corrected chi connectivity index (χ2v) is 5.99. The van der Waals surface area contributed by atoms with Gasteiger partial charge in [0.2, 0.25) is 11.8 Å². The predicted molar refractivity (Wildman–Crippen MR) is 95.6 cm³/mol. The zero-order valence-electron chi connectivity index (χ0n) is 14.2. The van der Waals surface area contributed by atoms with Crippen molar-refractivity contribution < 1.29 is 9.59 Å². The van der Waals surface area contributed by atoms with Gasteiger partial charge in [0.15, 0.2) is 0 Å². The molecule has 0 unspecified atom stereocenters. The summed E-state index contributed by atoms with van der Waals surface area (Å²) in [6.45, 7) is 4.52. The highest BCUT2D eigenvalue weighted by molar-refractivity contribution is 5.87. The molecule has 2 rings (SSSR count). The van der Waals surface area contributed by atoms with E-state index in [1.165, 1.54) is 0 Å². The van der Waals surface area contributed by atoms with Gasteiger partial charge in [0, 0.05) is 19.0 Å². The van der Waals surface area contributed by atoms with Crippen molar-refractivity contribution in [1.82, 2.24) is 10.6 Å². The zero-order chi connectivity index (χ0) is 17.4. The molecule has 126 valence electrons. The van der Waals surface area contributed by atoms with E-state index in [-0.39, 0.29) is 23.7 Å². The summed E-state index contributed by atoms with van der Waals surface area (Å²) in [7, 11) is 0. The number of hydrogen-bond donors (Lipinski definition) is 2. The third-order valence-corrected chi connectivity index (χ3v) is 3.78. The van der Waals surface area contributed by atoms with Gasteiger partial charge in [0.25, 0.3) is 0 Å². The molecule has 0 fully saturated rings. The van der Waals surface area contributed by atoms with Crippen LogP contribution in [0.2, 0.25) is 0 Å². The lowest BCUT2D eigenvalue weighted by molar-refractivity contribution is -0.124. The summed E-state index contributed by atoms with van der Waals surface area (Å²) in [6, 6.07) is 19.4. The Bertz CT molecular complexity index is 614. The first kappa shape index (κ1) is 17.7. The van der Waals surface area contributed by atoms with Crippen molar-refractivity contribution in [1.29, 1.82) is 0 Å². The van der Waals surface area contributed by atoms with Crippen LogP contribution in [0.25, 0.3) is 0 Å². The summed E-state index contributed by atoms with van der Waals surface area (Å²) in [5, 5.41) is 5.72. The maximum absolute atomic E-state index is 12.7. The fourth-order valence-electron chi connectivity index (χ4n) is 2.46. The quantitative estimate of drug-likeness (QED) is 0.769. The number of rotatable bonds is 7. The van der Waals surface area contributed by atoms with Crippen molar-refractivity contribution in [3.05, 3.63) is 71.8 Å². The van der Waals surface area contributed by atoms with Crippen molar-refractivity contribution in [2.45, 2.75) is 19.8 Å². The van der Waals surface area contributed by atoms with Gasteiger partial charge in [-0.3, -0.25) is 9.59 Å². The van der Waals surface area contributed by atoms with Crippen LogP contribution in [0, 0.1) is 5.92 Å². The molecule has 0 aliphatic carbocycles. The molecule has 0 aliphatic rings. The highest BCUT2D eigenvalue weighted by Crippen LogP contribution is 2.24. The van der Waals surface area contributed by atoms with Crippen LogP contribution in [-0.4, -0.2) is 24.9 Å². The van der Waals surface area contributed by atoms with Crippen molar-refractivity contribution >= 4 is 11.8 Å². The first-order valence-electron chi connectivity index (χ1n) is 8.25. The molecule has 2 aromatic carbocycles. The molecule has 0 atom stereocenters. The topological polar surface area (TPSA) is 58.2 Å². The first-order valence-corrected chi connectivity index (χ1v) is 8.25. The molecule has 0 spiro atoms. The summed E-state index contributed by atoms with van der Waals surface area (Å²) in [6.07, 6.45) is 0. The summed E-state index contributed by atoms with van der Waals surface area (Å²) >= 11 is 0. The number of nitrogens with one attached hydrogen (secondary N) is 2. The van der Waals surface area contributed by atoms with Gasteiger partial charge in [-0.25, -0.2) is 0 Å². The van der Waals surface area contributed by atoms with E-state index in [9.17, 15) is 9.59 Å². The number of carbonyl (C=O) groups excluding carboxylic acids is 2. The third-order valence-electron chi connectivity index (χ3n) is 3.78. The fourth-order valence-corrected chi connectivity index (χ4v) is 2.46. The van der Waals surface area contributed by atoms with E-state index < -0.39 is 0 Å². The lowest BCUT2D eigenvalue weighted by Crippen LogP contribution is -2.38. The molecule has 0 bridgehead atoms. The van der Waals surface area contributed by atoms with Crippen LogP contribution in [0.5, 0.6) is 0 Å². The average Bonchev–Trinajstić information content (AvgIpc) is 2.60. The molecular formula is C20H24N2O2. The SMILES string of the molecule is CC(C)C(=O)NCCNC(=O)C(c1ccccc1)c1ccccc1. The summed E-state index contributed by atoms with van der Waals surface area (Å²) < 4.78 is 0. The molecule has 0 saturated heterocycles. The zero-order valence-corrected chi connectivity index (χ0v) is 14.2. The molecule has 0 heterocycles. The Balaban J connectivity index is 2.03. The van der Waals surface area contributed by atoms with E-state index in [1.807, 2.05) is 74.5 Å². The predicted octanol–water partition coefficient (Wildman–Crippen LogP) is 2.71. The molecule has 0 radical (unpaired) electrons. The van der Waals surface area contributed by atoms with Crippen LogP contribution in [-0.2, 0) is 9.59 Å². The summed E-state index contributed by atoms with van der Waals surface area (Å²) in [4.78, 5) is 24.2.